The molecule has 0 unspecified atom stereocenters. The number of benzene rings is 1. The first-order chi connectivity index (χ1) is 12.0. The van der Waals surface area contributed by atoms with Gasteiger partial charge < -0.3 is 9.47 Å². The molecule has 0 radical (unpaired) electrons. The van der Waals surface area contributed by atoms with Gasteiger partial charge in [-0.25, -0.2) is 0 Å². The Hall–Kier alpha value is -1.38. The van der Waals surface area contributed by atoms with Gasteiger partial charge in [-0.2, -0.15) is 0 Å². The summed E-state index contributed by atoms with van der Waals surface area (Å²) in [5, 5.41) is 0. The maximum atomic E-state index is 6.11. The highest BCUT2D eigenvalue weighted by atomic mass is 16.7. The standard InChI is InChI=1S/C24H36O2/c1-9-25-24(26-10-2)16-19(15-21(17-24)23(6,7)8)18-12-11-13-20(14-18)22(3,4)5/h11-14,16-17H,9-10,15H2,1-8H3. The van der Waals surface area contributed by atoms with Crippen LogP contribution < -0.4 is 0 Å². The molecule has 2 rings (SSSR count). The second kappa shape index (κ2) is 7.70. The Morgan fingerprint density at radius 2 is 1.50 bits per heavy atom. The molecule has 0 bridgehead atoms. The number of ether oxygens (including phenoxy) is 2. The summed E-state index contributed by atoms with van der Waals surface area (Å²) < 4.78 is 12.2. The lowest BCUT2D eigenvalue weighted by molar-refractivity contribution is -0.166. The third-order valence-electron chi connectivity index (χ3n) is 4.93. The van der Waals surface area contributed by atoms with Crippen LogP contribution in [0.15, 0.2) is 42.0 Å². The highest BCUT2D eigenvalue weighted by Gasteiger charge is 2.35. The average molecular weight is 357 g/mol. The van der Waals surface area contributed by atoms with E-state index >= 15 is 0 Å². The lowest BCUT2D eigenvalue weighted by Crippen LogP contribution is -2.35. The van der Waals surface area contributed by atoms with Crippen molar-refractivity contribution in [2.75, 3.05) is 13.2 Å². The zero-order valence-electron chi connectivity index (χ0n) is 17.9. The summed E-state index contributed by atoms with van der Waals surface area (Å²) in [6, 6.07) is 8.90. The smallest absolute Gasteiger partial charge is 0.208 e. The van der Waals surface area contributed by atoms with Gasteiger partial charge in [-0.15, -0.1) is 0 Å². The van der Waals surface area contributed by atoms with E-state index in [1.54, 1.807) is 0 Å². The number of allylic oxidation sites excluding steroid dienone is 2. The normalized spacial score (nSPS) is 17.7. The van der Waals surface area contributed by atoms with Crippen molar-refractivity contribution < 1.29 is 9.47 Å². The lowest BCUT2D eigenvalue weighted by Gasteiger charge is -2.37. The van der Waals surface area contributed by atoms with Gasteiger partial charge in [0.2, 0.25) is 5.79 Å². The van der Waals surface area contributed by atoms with Crippen LogP contribution in [0.3, 0.4) is 0 Å². The minimum atomic E-state index is -0.766. The van der Waals surface area contributed by atoms with E-state index in [4.69, 9.17) is 9.47 Å². The summed E-state index contributed by atoms with van der Waals surface area (Å²) in [5.41, 5.74) is 5.45. The molecule has 0 N–H and O–H groups in total. The molecule has 0 saturated heterocycles. The molecule has 1 aromatic carbocycles. The number of hydrogen-bond acceptors (Lipinski definition) is 2. The van der Waals surface area contributed by atoms with Gasteiger partial charge in [0.1, 0.15) is 0 Å². The van der Waals surface area contributed by atoms with Crippen LogP contribution in [0.1, 0.15) is 72.9 Å². The van der Waals surface area contributed by atoms with Gasteiger partial charge in [-0.05, 0) is 60.0 Å². The average Bonchev–Trinajstić information content (AvgIpc) is 2.53. The first-order valence-electron chi connectivity index (χ1n) is 9.83. The number of rotatable bonds is 5. The van der Waals surface area contributed by atoms with Crippen LogP contribution >= 0.6 is 0 Å². The van der Waals surface area contributed by atoms with E-state index < -0.39 is 5.79 Å². The lowest BCUT2D eigenvalue weighted by atomic mass is 9.76. The zero-order chi connectivity index (χ0) is 19.6. The van der Waals surface area contributed by atoms with Gasteiger partial charge >= 0.3 is 0 Å². The molecule has 0 fully saturated rings. The fourth-order valence-electron chi connectivity index (χ4n) is 3.35. The van der Waals surface area contributed by atoms with Crippen LogP contribution in [0, 0.1) is 5.41 Å². The molecule has 1 aliphatic carbocycles. The fraction of sp³-hybridized carbons (Fsp3) is 0.583. The van der Waals surface area contributed by atoms with Crippen molar-refractivity contribution in [3.63, 3.8) is 0 Å². The van der Waals surface area contributed by atoms with Crippen molar-refractivity contribution in [1.29, 1.82) is 0 Å². The summed E-state index contributed by atoms with van der Waals surface area (Å²) in [5.74, 6) is -0.766. The molecule has 0 aliphatic heterocycles. The monoisotopic (exact) mass is 356 g/mol. The minimum absolute atomic E-state index is 0.0700. The van der Waals surface area contributed by atoms with Gasteiger partial charge in [0.25, 0.3) is 0 Å². The van der Waals surface area contributed by atoms with E-state index in [9.17, 15) is 0 Å². The van der Waals surface area contributed by atoms with Crippen molar-refractivity contribution >= 4 is 5.57 Å². The summed E-state index contributed by atoms with van der Waals surface area (Å²) in [6.07, 6.45) is 5.30. The second-order valence-corrected chi connectivity index (χ2v) is 9.18. The summed E-state index contributed by atoms with van der Waals surface area (Å²) in [7, 11) is 0. The van der Waals surface area contributed by atoms with Crippen molar-refractivity contribution in [3.8, 4) is 0 Å². The predicted molar refractivity (Wildman–Crippen MR) is 111 cm³/mol. The van der Waals surface area contributed by atoms with Crippen LogP contribution in [0.5, 0.6) is 0 Å². The van der Waals surface area contributed by atoms with Crippen LogP contribution in [0.25, 0.3) is 5.57 Å². The molecule has 144 valence electrons. The Kier molecular flexibility index (Phi) is 6.20. The SMILES string of the molecule is CCOC1(OCC)C=C(c2cccc(C(C)(C)C)c2)CC(C(C)(C)C)=C1. The molecule has 0 heterocycles. The number of hydrogen-bond donors (Lipinski definition) is 0. The summed E-state index contributed by atoms with van der Waals surface area (Å²) >= 11 is 0. The second-order valence-electron chi connectivity index (χ2n) is 9.18. The van der Waals surface area contributed by atoms with Crippen LogP contribution in [-0.4, -0.2) is 19.0 Å². The van der Waals surface area contributed by atoms with Gasteiger partial charge in [-0.1, -0.05) is 71.4 Å². The van der Waals surface area contributed by atoms with Crippen molar-refractivity contribution in [3.05, 3.63) is 53.1 Å². The topological polar surface area (TPSA) is 18.5 Å². The maximum absolute atomic E-state index is 6.11. The first kappa shape index (κ1) is 20.9. The fourth-order valence-corrected chi connectivity index (χ4v) is 3.35. The van der Waals surface area contributed by atoms with Crippen LogP contribution in [-0.2, 0) is 14.9 Å². The Balaban J connectivity index is 2.55. The summed E-state index contributed by atoms with van der Waals surface area (Å²) in [6.45, 7) is 18.8. The van der Waals surface area contributed by atoms with Crippen molar-refractivity contribution in [2.24, 2.45) is 5.41 Å². The van der Waals surface area contributed by atoms with E-state index in [0.717, 1.165) is 6.42 Å². The third kappa shape index (κ3) is 4.86. The minimum Gasteiger partial charge on any atom is -0.343 e. The molecular formula is C24H36O2. The molecule has 1 aromatic rings. The molecule has 2 heteroatoms. The van der Waals surface area contributed by atoms with Crippen LogP contribution in [0.4, 0.5) is 0 Å². The molecule has 0 spiro atoms. The molecule has 1 aliphatic rings. The van der Waals surface area contributed by atoms with Gasteiger partial charge in [0, 0.05) is 13.2 Å². The third-order valence-corrected chi connectivity index (χ3v) is 4.93. The van der Waals surface area contributed by atoms with E-state index in [1.165, 1.54) is 22.3 Å². The molecule has 26 heavy (non-hydrogen) atoms. The molecular weight excluding hydrogens is 320 g/mol. The Morgan fingerprint density at radius 3 is 2.00 bits per heavy atom. The van der Waals surface area contributed by atoms with E-state index in [1.807, 2.05) is 13.8 Å². The highest BCUT2D eigenvalue weighted by molar-refractivity contribution is 5.71. The van der Waals surface area contributed by atoms with E-state index in [0.29, 0.717) is 13.2 Å². The summed E-state index contributed by atoms with van der Waals surface area (Å²) in [4.78, 5) is 0. The Morgan fingerprint density at radius 1 is 0.885 bits per heavy atom. The van der Waals surface area contributed by atoms with Crippen molar-refractivity contribution in [1.82, 2.24) is 0 Å². The molecule has 0 saturated carbocycles. The van der Waals surface area contributed by atoms with Crippen LogP contribution in [0.2, 0.25) is 0 Å². The molecule has 0 aromatic heterocycles. The first-order valence-corrected chi connectivity index (χ1v) is 9.83. The Bertz CT molecular complexity index is 675. The van der Waals surface area contributed by atoms with E-state index in [-0.39, 0.29) is 10.8 Å². The van der Waals surface area contributed by atoms with Gasteiger partial charge in [0.05, 0.1) is 0 Å². The molecule has 0 atom stereocenters. The largest absolute Gasteiger partial charge is 0.343 e. The zero-order valence-corrected chi connectivity index (χ0v) is 17.9. The highest BCUT2D eigenvalue weighted by Crippen LogP contribution is 2.42. The van der Waals surface area contributed by atoms with E-state index in [2.05, 4.69) is 78.0 Å². The quantitative estimate of drug-likeness (QED) is 0.442. The van der Waals surface area contributed by atoms with Crippen molar-refractivity contribution in [2.45, 2.75) is 73.0 Å². The molecule has 2 nitrogen and oxygen atoms in total. The predicted octanol–water partition coefficient (Wildman–Crippen LogP) is 6.51. The maximum Gasteiger partial charge on any atom is 0.208 e. The van der Waals surface area contributed by atoms with Gasteiger partial charge in [-0.3, -0.25) is 0 Å². The van der Waals surface area contributed by atoms with Gasteiger partial charge in [0.15, 0.2) is 0 Å². The molecule has 0 amide bonds. The Labute approximate surface area is 160 Å².